The van der Waals surface area contributed by atoms with Crippen LogP contribution in [0.2, 0.25) is 5.02 Å². The highest BCUT2D eigenvalue weighted by Gasteiger charge is 2.25. The molecule has 2 rings (SSSR count). The molecule has 0 saturated carbocycles. The van der Waals surface area contributed by atoms with Gasteiger partial charge in [0.1, 0.15) is 6.04 Å². The lowest BCUT2D eigenvalue weighted by atomic mass is 10.1. The Morgan fingerprint density at radius 3 is 2.61 bits per heavy atom. The van der Waals surface area contributed by atoms with Crippen molar-refractivity contribution in [2.75, 3.05) is 12.3 Å². The summed E-state index contributed by atoms with van der Waals surface area (Å²) < 4.78 is 0. The first-order valence-corrected chi connectivity index (χ1v) is 10.9. The monoisotopic (exact) mass is 418 g/mol. The lowest BCUT2D eigenvalue weighted by molar-refractivity contribution is -0.138. The highest BCUT2D eigenvalue weighted by Crippen LogP contribution is 2.19. The molecule has 1 N–H and O–H groups in total. The maximum atomic E-state index is 12.9. The van der Waals surface area contributed by atoms with Crippen molar-refractivity contribution in [3.05, 3.63) is 70.2 Å². The predicted octanol–water partition coefficient (Wildman–Crippen LogP) is 4.44. The molecule has 2 aromatic rings. The van der Waals surface area contributed by atoms with Gasteiger partial charge in [0, 0.05) is 23.9 Å². The molecule has 4 nitrogen and oxygen atoms in total. The first kappa shape index (κ1) is 22.3. The van der Waals surface area contributed by atoms with E-state index in [1.807, 2.05) is 37.3 Å². The number of nitrogens with one attached hydrogen (secondary N) is 1. The summed E-state index contributed by atoms with van der Waals surface area (Å²) in [4.78, 5) is 26.9. The number of thioether (sulfide) groups is 1. The zero-order chi connectivity index (χ0) is 20.5. The van der Waals surface area contributed by atoms with Crippen LogP contribution < -0.4 is 5.32 Å². The Balaban J connectivity index is 2.07. The summed E-state index contributed by atoms with van der Waals surface area (Å²) in [5, 5.41) is 3.42. The normalized spacial score (nSPS) is 11.7. The minimum atomic E-state index is -0.550. The van der Waals surface area contributed by atoms with Gasteiger partial charge in [0.2, 0.25) is 11.8 Å². The van der Waals surface area contributed by atoms with E-state index in [0.29, 0.717) is 23.9 Å². The Kier molecular flexibility index (Phi) is 8.87. The Morgan fingerprint density at radius 2 is 1.93 bits per heavy atom. The third-order valence-corrected chi connectivity index (χ3v) is 5.71. The van der Waals surface area contributed by atoms with Gasteiger partial charge in [-0.2, -0.15) is 0 Å². The molecule has 0 aromatic heterocycles. The Labute approximate surface area is 176 Å². The third-order valence-electron chi connectivity index (χ3n) is 4.50. The van der Waals surface area contributed by atoms with Crippen LogP contribution in [0.1, 0.15) is 30.5 Å². The van der Waals surface area contributed by atoms with Crippen LogP contribution in [-0.2, 0) is 21.9 Å². The van der Waals surface area contributed by atoms with Gasteiger partial charge in [0.25, 0.3) is 0 Å². The average molecular weight is 419 g/mol. The Bertz CT molecular complexity index is 813. The summed E-state index contributed by atoms with van der Waals surface area (Å²) in [6, 6.07) is 15.0. The van der Waals surface area contributed by atoms with Crippen molar-refractivity contribution < 1.29 is 9.59 Å². The molecule has 0 radical (unpaired) electrons. The molecular weight excluding hydrogens is 392 g/mol. The number of carbonyl (C=O) groups excluding carboxylic acids is 2. The number of halogens is 1. The molecule has 28 heavy (non-hydrogen) atoms. The van der Waals surface area contributed by atoms with Crippen LogP contribution in [0.15, 0.2) is 48.5 Å². The molecule has 0 heterocycles. The van der Waals surface area contributed by atoms with Gasteiger partial charge < -0.3 is 10.2 Å². The van der Waals surface area contributed by atoms with Gasteiger partial charge in [-0.15, -0.1) is 11.8 Å². The molecule has 0 spiro atoms. The number of hydrogen-bond donors (Lipinski definition) is 1. The SMILES string of the molecule is CCNC(=O)[C@H](C)N(Cc1cccc(Cl)c1)C(=O)CSCc1ccccc1C. The Hall–Kier alpha value is -1.98. The molecule has 1 atom stereocenters. The molecular formula is C22H27ClN2O2S. The zero-order valence-corrected chi connectivity index (χ0v) is 18.1. The van der Waals surface area contributed by atoms with Crippen LogP contribution in [-0.4, -0.2) is 35.1 Å². The summed E-state index contributed by atoms with van der Waals surface area (Å²) in [5.41, 5.74) is 3.34. The summed E-state index contributed by atoms with van der Waals surface area (Å²) in [6.07, 6.45) is 0. The number of likely N-dealkylation sites (N-methyl/N-ethyl adjacent to an activating group) is 1. The molecule has 0 aliphatic rings. The number of nitrogens with zero attached hydrogens (tertiary/aromatic N) is 1. The maximum Gasteiger partial charge on any atom is 0.242 e. The van der Waals surface area contributed by atoms with Crippen LogP contribution >= 0.6 is 23.4 Å². The molecule has 0 unspecified atom stereocenters. The Morgan fingerprint density at radius 1 is 1.18 bits per heavy atom. The maximum absolute atomic E-state index is 12.9. The molecule has 0 bridgehead atoms. The number of hydrogen-bond acceptors (Lipinski definition) is 3. The minimum Gasteiger partial charge on any atom is -0.355 e. The van der Waals surface area contributed by atoms with E-state index >= 15 is 0 Å². The van der Waals surface area contributed by atoms with Crippen LogP contribution in [0.5, 0.6) is 0 Å². The zero-order valence-electron chi connectivity index (χ0n) is 16.6. The van der Waals surface area contributed by atoms with Crippen LogP contribution in [0.4, 0.5) is 0 Å². The van der Waals surface area contributed by atoms with E-state index < -0.39 is 6.04 Å². The molecule has 0 aliphatic heterocycles. The first-order chi connectivity index (χ1) is 13.4. The van der Waals surface area contributed by atoms with Crippen molar-refractivity contribution >= 4 is 35.2 Å². The third kappa shape index (κ3) is 6.57. The highest BCUT2D eigenvalue weighted by atomic mass is 35.5. The van der Waals surface area contributed by atoms with E-state index in [0.717, 1.165) is 11.3 Å². The van der Waals surface area contributed by atoms with E-state index in [1.54, 1.807) is 29.7 Å². The fourth-order valence-corrected chi connectivity index (χ4v) is 4.04. The summed E-state index contributed by atoms with van der Waals surface area (Å²) in [5.74, 6) is 0.872. The highest BCUT2D eigenvalue weighted by molar-refractivity contribution is 7.99. The molecule has 0 saturated heterocycles. The lowest BCUT2D eigenvalue weighted by Gasteiger charge is -2.28. The van der Waals surface area contributed by atoms with Gasteiger partial charge >= 0.3 is 0 Å². The molecule has 0 fully saturated rings. The van der Waals surface area contributed by atoms with Gasteiger partial charge in [-0.05, 0) is 49.6 Å². The fourth-order valence-electron chi connectivity index (χ4n) is 2.84. The average Bonchev–Trinajstić information content (AvgIpc) is 2.67. The van der Waals surface area contributed by atoms with Crippen molar-refractivity contribution in [2.45, 2.75) is 39.1 Å². The van der Waals surface area contributed by atoms with Crippen LogP contribution in [0.3, 0.4) is 0 Å². The standard InChI is InChI=1S/C22H27ClN2O2S/c1-4-24-22(27)17(3)25(13-18-9-7-11-20(23)12-18)21(26)15-28-14-19-10-6-5-8-16(19)2/h5-12,17H,4,13-15H2,1-3H3,(H,24,27)/t17-/m0/s1. The fraction of sp³-hybridized carbons (Fsp3) is 0.364. The number of rotatable bonds is 9. The number of amides is 2. The minimum absolute atomic E-state index is 0.0580. The summed E-state index contributed by atoms with van der Waals surface area (Å²) in [6.45, 7) is 6.58. The smallest absolute Gasteiger partial charge is 0.242 e. The van der Waals surface area contributed by atoms with E-state index in [1.165, 1.54) is 11.1 Å². The van der Waals surface area contributed by atoms with Gasteiger partial charge in [0.05, 0.1) is 5.75 Å². The molecule has 2 amide bonds. The van der Waals surface area contributed by atoms with Crippen molar-refractivity contribution in [3.8, 4) is 0 Å². The summed E-state index contributed by atoms with van der Waals surface area (Å²) in [7, 11) is 0. The second kappa shape index (κ2) is 11.1. The molecule has 6 heteroatoms. The van der Waals surface area contributed by atoms with E-state index in [9.17, 15) is 9.59 Å². The van der Waals surface area contributed by atoms with Crippen molar-refractivity contribution in [2.24, 2.45) is 0 Å². The van der Waals surface area contributed by atoms with Crippen LogP contribution in [0, 0.1) is 6.92 Å². The van der Waals surface area contributed by atoms with Crippen molar-refractivity contribution in [3.63, 3.8) is 0 Å². The predicted molar refractivity (Wildman–Crippen MR) is 117 cm³/mol. The first-order valence-electron chi connectivity index (χ1n) is 9.36. The van der Waals surface area contributed by atoms with E-state index in [-0.39, 0.29) is 11.8 Å². The second-order valence-electron chi connectivity index (χ2n) is 6.64. The number of aryl methyl sites for hydroxylation is 1. The van der Waals surface area contributed by atoms with Gasteiger partial charge in [-0.3, -0.25) is 9.59 Å². The lowest BCUT2D eigenvalue weighted by Crippen LogP contribution is -2.48. The topological polar surface area (TPSA) is 49.4 Å². The van der Waals surface area contributed by atoms with Gasteiger partial charge in [-0.25, -0.2) is 0 Å². The van der Waals surface area contributed by atoms with Crippen molar-refractivity contribution in [1.82, 2.24) is 10.2 Å². The van der Waals surface area contributed by atoms with E-state index in [4.69, 9.17) is 11.6 Å². The molecule has 150 valence electrons. The second-order valence-corrected chi connectivity index (χ2v) is 8.06. The van der Waals surface area contributed by atoms with Crippen LogP contribution in [0.25, 0.3) is 0 Å². The number of carbonyl (C=O) groups is 2. The molecule has 0 aliphatic carbocycles. The molecule has 2 aromatic carbocycles. The number of benzene rings is 2. The summed E-state index contributed by atoms with van der Waals surface area (Å²) >= 11 is 7.64. The van der Waals surface area contributed by atoms with Crippen molar-refractivity contribution in [1.29, 1.82) is 0 Å². The largest absolute Gasteiger partial charge is 0.355 e. The van der Waals surface area contributed by atoms with E-state index in [2.05, 4.69) is 24.4 Å². The van der Waals surface area contributed by atoms with Gasteiger partial charge in [-0.1, -0.05) is 48.0 Å². The van der Waals surface area contributed by atoms with Gasteiger partial charge in [0.15, 0.2) is 0 Å². The quantitative estimate of drug-likeness (QED) is 0.655.